The minimum atomic E-state index is -0.842. The number of nitrogens with zero attached hydrogens (tertiary/aromatic N) is 2. The second-order valence-electron chi connectivity index (χ2n) is 4.21. The Labute approximate surface area is 94.4 Å². The second-order valence-corrected chi connectivity index (χ2v) is 4.21. The van der Waals surface area contributed by atoms with Gasteiger partial charge in [0.1, 0.15) is 0 Å². The first-order valence-electron chi connectivity index (χ1n) is 5.33. The molecule has 1 heterocycles. The summed E-state index contributed by atoms with van der Waals surface area (Å²) in [5.74, 6) is -1.68. The molecule has 6 nitrogen and oxygen atoms in total. The van der Waals surface area contributed by atoms with Gasteiger partial charge < -0.3 is 10.2 Å². The fourth-order valence-corrected chi connectivity index (χ4v) is 2.07. The predicted octanol–water partition coefficient (Wildman–Crippen LogP) is -0.450. The summed E-state index contributed by atoms with van der Waals surface area (Å²) in [5, 5.41) is 17.5. The highest BCUT2D eigenvalue weighted by molar-refractivity contribution is 5.69. The highest BCUT2D eigenvalue weighted by Gasteiger charge is 2.32. The summed E-state index contributed by atoms with van der Waals surface area (Å²) >= 11 is 0. The molecule has 2 atom stereocenters. The van der Waals surface area contributed by atoms with E-state index in [0.717, 1.165) is 0 Å². The minimum absolute atomic E-state index is 0.0203. The third-order valence-corrected chi connectivity index (χ3v) is 3.20. The first-order chi connectivity index (χ1) is 7.41. The number of carboxylic acids is 2. The first kappa shape index (κ1) is 12.9. The maximum Gasteiger partial charge on any atom is 0.317 e. The normalized spacial score (nSPS) is 27.9. The molecule has 1 aliphatic heterocycles. The number of hydrogen-bond acceptors (Lipinski definition) is 4. The summed E-state index contributed by atoms with van der Waals surface area (Å²) in [6.45, 7) is 5.11. The van der Waals surface area contributed by atoms with E-state index in [2.05, 4.69) is 0 Å². The molecule has 1 rings (SSSR count). The Balaban J connectivity index is 2.57. The Morgan fingerprint density at radius 2 is 1.31 bits per heavy atom. The first-order valence-corrected chi connectivity index (χ1v) is 5.33. The quantitative estimate of drug-likeness (QED) is 0.681. The van der Waals surface area contributed by atoms with Gasteiger partial charge in [-0.15, -0.1) is 0 Å². The maximum atomic E-state index is 10.6. The number of hydrogen-bond donors (Lipinski definition) is 2. The molecule has 2 N–H and O–H groups in total. The fraction of sp³-hybridized carbons (Fsp3) is 0.800. The second kappa shape index (κ2) is 5.27. The van der Waals surface area contributed by atoms with Crippen LogP contribution in [0.1, 0.15) is 13.8 Å². The van der Waals surface area contributed by atoms with Gasteiger partial charge >= 0.3 is 11.9 Å². The van der Waals surface area contributed by atoms with Gasteiger partial charge in [0.05, 0.1) is 13.1 Å². The van der Waals surface area contributed by atoms with Crippen molar-refractivity contribution in [2.75, 3.05) is 26.2 Å². The molecule has 1 unspecified atom stereocenters. The maximum absolute atomic E-state index is 10.6. The van der Waals surface area contributed by atoms with Crippen LogP contribution in [-0.2, 0) is 9.59 Å². The van der Waals surface area contributed by atoms with Crippen molar-refractivity contribution in [3.05, 3.63) is 0 Å². The lowest BCUT2D eigenvalue weighted by Gasteiger charge is -2.43. The zero-order valence-electron chi connectivity index (χ0n) is 9.59. The molecule has 92 valence electrons. The van der Waals surface area contributed by atoms with Gasteiger partial charge in [-0.05, 0) is 13.8 Å². The molecule has 0 spiro atoms. The van der Waals surface area contributed by atoms with Crippen molar-refractivity contribution in [3.63, 3.8) is 0 Å². The van der Waals surface area contributed by atoms with Crippen LogP contribution in [0.2, 0.25) is 0 Å². The minimum Gasteiger partial charge on any atom is -0.480 e. The highest BCUT2D eigenvalue weighted by Crippen LogP contribution is 2.16. The summed E-state index contributed by atoms with van der Waals surface area (Å²) in [7, 11) is 0. The van der Waals surface area contributed by atoms with E-state index >= 15 is 0 Å². The van der Waals surface area contributed by atoms with Crippen LogP contribution in [-0.4, -0.2) is 70.2 Å². The molecule has 0 aromatic carbocycles. The van der Waals surface area contributed by atoms with E-state index in [0.29, 0.717) is 13.1 Å². The van der Waals surface area contributed by atoms with Crippen molar-refractivity contribution >= 4 is 11.9 Å². The Kier molecular flexibility index (Phi) is 4.26. The largest absolute Gasteiger partial charge is 0.480 e. The van der Waals surface area contributed by atoms with E-state index < -0.39 is 11.9 Å². The molecule has 6 heteroatoms. The molecule has 0 aliphatic carbocycles. The van der Waals surface area contributed by atoms with Crippen molar-refractivity contribution in [3.8, 4) is 0 Å². The van der Waals surface area contributed by atoms with Gasteiger partial charge in [0.25, 0.3) is 0 Å². The van der Waals surface area contributed by atoms with Crippen LogP contribution in [0.3, 0.4) is 0 Å². The lowest BCUT2D eigenvalue weighted by Crippen LogP contribution is -2.59. The van der Waals surface area contributed by atoms with Gasteiger partial charge in [0, 0.05) is 25.2 Å². The van der Waals surface area contributed by atoms with Crippen molar-refractivity contribution in [2.45, 2.75) is 25.9 Å². The Hall–Kier alpha value is -1.14. The van der Waals surface area contributed by atoms with Crippen LogP contribution in [0, 0.1) is 0 Å². The molecule has 0 saturated carbocycles. The van der Waals surface area contributed by atoms with Gasteiger partial charge in [0.2, 0.25) is 0 Å². The van der Waals surface area contributed by atoms with E-state index in [-0.39, 0.29) is 25.2 Å². The fourth-order valence-electron chi connectivity index (χ4n) is 2.07. The number of piperazine rings is 1. The molecule has 16 heavy (non-hydrogen) atoms. The molecule has 1 saturated heterocycles. The van der Waals surface area contributed by atoms with Crippen LogP contribution in [0.15, 0.2) is 0 Å². The van der Waals surface area contributed by atoms with Crippen molar-refractivity contribution in [2.24, 2.45) is 0 Å². The standard InChI is InChI=1S/C10H18N2O4/c1-7-8(2)12(6-10(15)16)4-3-11(7)5-9(13)14/h7-8H,3-6H2,1-2H3,(H,13,14)(H,15,16)/t7-,8?/m0/s1. The summed E-state index contributed by atoms with van der Waals surface area (Å²) < 4.78 is 0. The Bertz CT molecular complexity index is 254. The van der Waals surface area contributed by atoms with Crippen LogP contribution < -0.4 is 0 Å². The van der Waals surface area contributed by atoms with Crippen LogP contribution in [0.25, 0.3) is 0 Å². The molecular formula is C10H18N2O4. The third-order valence-electron chi connectivity index (χ3n) is 3.20. The van der Waals surface area contributed by atoms with Gasteiger partial charge in [-0.1, -0.05) is 0 Å². The average Bonchev–Trinajstić information content (AvgIpc) is 2.16. The highest BCUT2D eigenvalue weighted by atomic mass is 16.4. The SMILES string of the molecule is CC1[C@H](C)N(CC(=O)O)CCN1CC(=O)O. The lowest BCUT2D eigenvalue weighted by atomic mass is 10.0. The predicted molar refractivity (Wildman–Crippen MR) is 57.3 cm³/mol. The van der Waals surface area contributed by atoms with E-state index in [1.165, 1.54) is 0 Å². The molecule has 0 radical (unpaired) electrons. The monoisotopic (exact) mass is 230 g/mol. The summed E-state index contributed by atoms with van der Waals surface area (Å²) in [4.78, 5) is 25.0. The molecule has 0 aromatic heterocycles. The summed E-state index contributed by atoms with van der Waals surface area (Å²) in [6.07, 6.45) is 0. The molecule has 1 aliphatic rings. The number of aliphatic carboxylic acids is 2. The van der Waals surface area contributed by atoms with Gasteiger partial charge in [-0.25, -0.2) is 0 Å². The molecule has 1 fully saturated rings. The Morgan fingerprint density at radius 1 is 1.00 bits per heavy atom. The van der Waals surface area contributed by atoms with Crippen LogP contribution in [0.4, 0.5) is 0 Å². The van der Waals surface area contributed by atoms with Crippen molar-refractivity contribution in [1.82, 2.24) is 9.80 Å². The molecule has 0 amide bonds. The van der Waals surface area contributed by atoms with E-state index in [9.17, 15) is 9.59 Å². The summed E-state index contributed by atoms with van der Waals surface area (Å²) in [6, 6.07) is 0.119. The number of carbonyl (C=O) groups is 2. The zero-order chi connectivity index (χ0) is 12.3. The summed E-state index contributed by atoms with van der Waals surface area (Å²) in [5.41, 5.74) is 0. The molecule has 0 bridgehead atoms. The number of carboxylic acid groups (broad SMARTS) is 2. The number of rotatable bonds is 4. The average molecular weight is 230 g/mol. The van der Waals surface area contributed by atoms with Crippen LogP contribution in [0.5, 0.6) is 0 Å². The van der Waals surface area contributed by atoms with E-state index in [1.807, 2.05) is 23.6 Å². The third kappa shape index (κ3) is 3.18. The smallest absolute Gasteiger partial charge is 0.317 e. The van der Waals surface area contributed by atoms with Crippen LogP contribution >= 0.6 is 0 Å². The van der Waals surface area contributed by atoms with Gasteiger partial charge in [-0.3, -0.25) is 19.4 Å². The molecular weight excluding hydrogens is 212 g/mol. The van der Waals surface area contributed by atoms with E-state index in [4.69, 9.17) is 10.2 Å². The van der Waals surface area contributed by atoms with Crippen molar-refractivity contribution in [1.29, 1.82) is 0 Å². The topological polar surface area (TPSA) is 81.1 Å². The Morgan fingerprint density at radius 3 is 1.56 bits per heavy atom. The van der Waals surface area contributed by atoms with E-state index in [1.54, 1.807) is 0 Å². The van der Waals surface area contributed by atoms with Gasteiger partial charge in [-0.2, -0.15) is 0 Å². The molecule has 0 aromatic rings. The lowest BCUT2D eigenvalue weighted by molar-refractivity contribution is -0.143. The van der Waals surface area contributed by atoms with Crippen molar-refractivity contribution < 1.29 is 19.8 Å². The zero-order valence-corrected chi connectivity index (χ0v) is 9.59. The van der Waals surface area contributed by atoms with Gasteiger partial charge in [0.15, 0.2) is 0 Å².